The minimum atomic E-state index is -0.494. The average molecular weight is 379 g/mol. The molecule has 0 aliphatic carbocycles. The molecule has 4 aromatic carbocycles. The first-order chi connectivity index (χ1) is 14.2. The van der Waals surface area contributed by atoms with Gasteiger partial charge in [0, 0.05) is 22.7 Å². The second kappa shape index (κ2) is 6.91. The molecule has 140 valence electrons. The van der Waals surface area contributed by atoms with Gasteiger partial charge in [-0.1, -0.05) is 66.7 Å². The predicted molar refractivity (Wildman–Crippen MR) is 114 cm³/mol. The lowest BCUT2D eigenvalue weighted by atomic mass is 9.97. The number of carbonyl (C=O) groups excluding carboxylic acids is 2. The van der Waals surface area contributed by atoms with Gasteiger partial charge >= 0.3 is 5.97 Å². The van der Waals surface area contributed by atoms with Crippen molar-refractivity contribution in [1.29, 1.82) is 0 Å². The Hall–Kier alpha value is -3.92. The lowest BCUT2D eigenvalue weighted by Crippen LogP contribution is -2.14. The molecule has 0 fully saturated rings. The molecule has 0 bridgehead atoms. The summed E-state index contributed by atoms with van der Waals surface area (Å²) in [4.78, 5) is 28.8. The fourth-order valence-electron chi connectivity index (χ4n) is 3.82. The average Bonchev–Trinajstić information content (AvgIpc) is 3.20. The molecule has 29 heavy (non-hydrogen) atoms. The van der Waals surface area contributed by atoms with Gasteiger partial charge in [0.25, 0.3) is 0 Å². The third kappa shape index (κ3) is 2.95. The van der Waals surface area contributed by atoms with Crippen LogP contribution in [-0.4, -0.2) is 23.3 Å². The van der Waals surface area contributed by atoms with Crippen LogP contribution in [0.4, 0.5) is 0 Å². The highest BCUT2D eigenvalue weighted by Crippen LogP contribution is 2.29. The number of ether oxygens (including phenoxy) is 1. The van der Waals surface area contributed by atoms with Gasteiger partial charge in [-0.3, -0.25) is 4.79 Å². The lowest BCUT2D eigenvalue weighted by molar-refractivity contribution is 0.0479. The van der Waals surface area contributed by atoms with Crippen LogP contribution in [0.3, 0.4) is 0 Å². The van der Waals surface area contributed by atoms with E-state index in [1.165, 1.54) is 0 Å². The maximum absolute atomic E-state index is 13.0. The fraction of sp³-hybridized carbons (Fsp3) is 0.0400. The number of esters is 1. The zero-order chi connectivity index (χ0) is 19.8. The number of Topliss-reactive ketones (excluding diaryl/α,β-unsaturated/α-hetero) is 1. The van der Waals surface area contributed by atoms with Crippen molar-refractivity contribution in [3.63, 3.8) is 0 Å². The Morgan fingerprint density at radius 3 is 2.03 bits per heavy atom. The highest BCUT2D eigenvalue weighted by molar-refractivity contribution is 6.17. The predicted octanol–water partition coefficient (Wildman–Crippen LogP) is 5.51. The van der Waals surface area contributed by atoms with Gasteiger partial charge in [0.15, 0.2) is 6.61 Å². The van der Waals surface area contributed by atoms with E-state index in [2.05, 4.69) is 11.1 Å². The molecule has 0 amide bonds. The molecular formula is C25H17NO3. The van der Waals surface area contributed by atoms with Crippen molar-refractivity contribution < 1.29 is 14.3 Å². The first-order valence-corrected chi connectivity index (χ1v) is 9.39. The quantitative estimate of drug-likeness (QED) is 0.254. The van der Waals surface area contributed by atoms with Crippen molar-refractivity contribution in [2.45, 2.75) is 0 Å². The Morgan fingerprint density at radius 1 is 0.759 bits per heavy atom. The van der Waals surface area contributed by atoms with Gasteiger partial charge in [0.05, 0.1) is 5.56 Å². The zero-order valence-electron chi connectivity index (χ0n) is 15.5. The van der Waals surface area contributed by atoms with Gasteiger partial charge in [-0.15, -0.1) is 0 Å². The van der Waals surface area contributed by atoms with Gasteiger partial charge in [0.2, 0.25) is 5.78 Å². The summed E-state index contributed by atoms with van der Waals surface area (Å²) in [5.41, 5.74) is 1.89. The molecule has 1 N–H and O–H groups in total. The second-order valence-electron chi connectivity index (χ2n) is 6.94. The highest BCUT2D eigenvalue weighted by Gasteiger charge is 2.19. The number of rotatable bonds is 4. The van der Waals surface area contributed by atoms with E-state index in [1.54, 1.807) is 6.20 Å². The Kier molecular flexibility index (Phi) is 4.10. The number of aromatic amines is 1. The largest absolute Gasteiger partial charge is 0.454 e. The number of fused-ring (bicyclic) bond motifs is 3. The third-order valence-corrected chi connectivity index (χ3v) is 5.20. The summed E-state index contributed by atoms with van der Waals surface area (Å²) >= 11 is 0. The van der Waals surface area contributed by atoms with Crippen LogP contribution in [0.5, 0.6) is 0 Å². The monoisotopic (exact) mass is 379 g/mol. The molecule has 5 aromatic rings. The summed E-state index contributed by atoms with van der Waals surface area (Å²) in [6.45, 7) is -0.307. The number of carbonyl (C=O) groups is 2. The van der Waals surface area contributed by atoms with Gasteiger partial charge in [-0.2, -0.15) is 0 Å². The zero-order valence-corrected chi connectivity index (χ0v) is 15.5. The molecule has 0 radical (unpaired) electrons. The molecule has 4 heteroatoms. The Balaban J connectivity index is 1.49. The Morgan fingerprint density at radius 2 is 1.34 bits per heavy atom. The molecule has 0 aliphatic heterocycles. The third-order valence-electron chi connectivity index (χ3n) is 5.20. The summed E-state index contributed by atoms with van der Waals surface area (Å²) in [5, 5.41) is 4.37. The number of aromatic nitrogens is 1. The molecule has 0 unspecified atom stereocenters. The van der Waals surface area contributed by atoms with Crippen LogP contribution in [0, 0.1) is 0 Å². The van der Waals surface area contributed by atoms with E-state index in [4.69, 9.17) is 4.74 Å². The summed E-state index contributed by atoms with van der Waals surface area (Å²) in [5.74, 6) is -0.730. The Labute approximate surface area is 166 Å². The molecule has 0 saturated heterocycles. The lowest BCUT2D eigenvalue weighted by Gasteiger charge is -2.11. The molecule has 1 aromatic heterocycles. The van der Waals surface area contributed by atoms with Crippen molar-refractivity contribution >= 4 is 44.2 Å². The van der Waals surface area contributed by atoms with Crippen LogP contribution in [0.15, 0.2) is 85.1 Å². The van der Waals surface area contributed by atoms with Gasteiger partial charge in [0.1, 0.15) is 0 Å². The number of nitrogens with one attached hydrogen (secondary N) is 1. The minimum Gasteiger partial charge on any atom is -0.454 e. The fourth-order valence-corrected chi connectivity index (χ4v) is 3.82. The maximum atomic E-state index is 13.0. The topological polar surface area (TPSA) is 59.2 Å². The minimum absolute atomic E-state index is 0.236. The smallest absolute Gasteiger partial charge is 0.339 e. The van der Waals surface area contributed by atoms with Crippen molar-refractivity contribution in [2.24, 2.45) is 0 Å². The molecule has 5 rings (SSSR count). The van der Waals surface area contributed by atoms with E-state index < -0.39 is 5.97 Å². The van der Waals surface area contributed by atoms with E-state index in [0.29, 0.717) is 11.1 Å². The highest BCUT2D eigenvalue weighted by atomic mass is 16.5. The van der Waals surface area contributed by atoms with Crippen LogP contribution in [0.2, 0.25) is 0 Å². The number of benzene rings is 4. The second-order valence-corrected chi connectivity index (χ2v) is 6.94. The number of ketones is 1. The standard InChI is InChI=1S/C25H17NO3/c27-23(21-14-26-22-12-6-5-11-20(21)22)15-29-25(28)24-18-9-3-1-7-16(18)13-17-8-2-4-10-19(17)24/h1-14,26H,15H2. The van der Waals surface area contributed by atoms with E-state index in [-0.39, 0.29) is 12.4 Å². The summed E-state index contributed by atoms with van der Waals surface area (Å²) in [7, 11) is 0. The Bertz CT molecular complexity index is 1340. The van der Waals surface area contributed by atoms with E-state index >= 15 is 0 Å². The van der Waals surface area contributed by atoms with Crippen molar-refractivity contribution in [3.8, 4) is 0 Å². The van der Waals surface area contributed by atoms with Gasteiger partial charge in [-0.05, 0) is 33.7 Å². The number of hydrogen-bond acceptors (Lipinski definition) is 3. The van der Waals surface area contributed by atoms with Gasteiger partial charge < -0.3 is 9.72 Å². The van der Waals surface area contributed by atoms with Crippen molar-refractivity contribution in [3.05, 3.63) is 96.2 Å². The summed E-state index contributed by atoms with van der Waals surface area (Å²) in [6.07, 6.45) is 1.66. The van der Waals surface area contributed by atoms with Crippen LogP contribution in [0.25, 0.3) is 32.4 Å². The molecule has 0 atom stereocenters. The number of para-hydroxylation sites is 1. The molecule has 0 spiro atoms. The van der Waals surface area contributed by atoms with Crippen molar-refractivity contribution in [2.75, 3.05) is 6.61 Å². The first-order valence-electron chi connectivity index (χ1n) is 9.39. The molecule has 4 nitrogen and oxygen atoms in total. The van der Waals surface area contributed by atoms with Crippen LogP contribution in [0.1, 0.15) is 20.7 Å². The molecular weight excluding hydrogens is 362 g/mol. The number of hydrogen-bond donors (Lipinski definition) is 1. The SMILES string of the molecule is O=C(OCC(=O)c1c[nH]c2ccccc12)c1c2ccccc2cc2ccccc12. The summed E-state index contributed by atoms with van der Waals surface area (Å²) in [6, 6.07) is 25.0. The van der Waals surface area contributed by atoms with E-state index in [0.717, 1.165) is 32.4 Å². The van der Waals surface area contributed by atoms with Gasteiger partial charge in [-0.25, -0.2) is 4.79 Å². The molecule has 1 heterocycles. The van der Waals surface area contributed by atoms with E-state index in [9.17, 15) is 9.59 Å². The number of H-pyrrole nitrogens is 1. The first kappa shape index (κ1) is 17.2. The molecule has 0 aliphatic rings. The summed E-state index contributed by atoms with van der Waals surface area (Å²) < 4.78 is 5.48. The maximum Gasteiger partial charge on any atom is 0.339 e. The van der Waals surface area contributed by atoms with Crippen LogP contribution in [-0.2, 0) is 4.74 Å². The normalized spacial score (nSPS) is 11.2. The van der Waals surface area contributed by atoms with Crippen LogP contribution >= 0.6 is 0 Å². The molecule has 0 saturated carbocycles. The van der Waals surface area contributed by atoms with E-state index in [1.807, 2.05) is 72.8 Å². The van der Waals surface area contributed by atoms with Crippen molar-refractivity contribution in [1.82, 2.24) is 4.98 Å². The van der Waals surface area contributed by atoms with Crippen LogP contribution < -0.4 is 0 Å².